The van der Waals surface area contributed by atoms with Gasteiger partial charge in [0.15, 0.2) is 0 Å². The maximum absolute atomic E-state index is 12.2. The largest absolute Gasteiger partial charge is 0.383 e. The zero-order valence-corrected chi connectivity index (χ0v) is 18.9. The lowest BCUT2D eigenvalue weighted by atomic mass is 9.87. The molecule has 1 saturated carbocycles. The van der Waals surface area contributed by atoms with Crippen LogP contribution in [0.15, 0.2) is 22.9 Å². The van der Waals surface area contributed by atoms with Gasteiger partial charge in [0.05, 0.1) is 27.4 Å². The lowest BCUT2D eigenvalue weighted by Crippen LogP contribution is -2.26. The lowest BCUT2D eigenvalue weighted by molar-refractivity contribution is 0.0937. The first-order chi connectivity index (χ1) is 14.6. The van der Waals surface area contributed by atoms with Gasteiger partial charge in [0, 0.05) is 25.1 Å². The Morgan fingerprint density at radius 3 is 2.87 bits per heavy atom. The van der Waals surface area contributed by atoms with Gasteiger partial charge in [-0.1, -0.05) is 6.92 Å². The summed E-state index contributed by atoms with van der Waals surface area (Å²) in [6.45, 7) is 3.31. The predicted octanol–water partition coefficient (Wildman–Crippen LogP) is 4.86. The van der Waals surface area contributed by atoms with Crippen molar-refractivity contribution < 1.29 is 9.53 Å². The summed E-state index contributed by atoms with van der Waals surface area (Å²) < 4.78 is 6.05. The summed E-state index contributed by atoms with van der Waals surface area (Å²) in [4.78, 5) is 21.6. The van der Waals surface area contributed by atoms with Crippen molar-refractivity contribution in [2.75, 3.05) is 30.9 Å². The molecule has 30 heavy (non-hydrogen) atoms. The second-order valence-electron chi connectivity index (χ2n) is 7.71. The molecule has 7 nitrogen and oxygen atoms in total. The molecule has 4 rings (SSSR count). The standard InChI is InChI=1S/C21H27N5O2S2/c1-13-3-5-15(6-4-13)23-19-18-16(7-10-29-18)24-21(26-19)25-17-11-14(12-30-17)20(27)22-8-9-28-2/h7,10-13,15H,3-6,8-9H2,1-2H3,(H,22,27)(H2,23,24,25,26)/t13-,15+. The Morgan fingerprint density at radius 1 is 1.23 bits per heavy atom. The minimum atomic E-state index is -0.112. The van der Waals surface area contributed by atoms with E-state index in [1.807, 2.05) is 22.9 Å². The molecule has 0 spiro atoms. The minimum absolute atomic E-state index is 0.112. The molecule has 1 amide bonds. The van der Waals surface area contributed by atoms with Crippen LogP contribution < -0.4 is 16.0 Å². The Hall–Kier alpha value is -2.23. The second-order valence-corrected chi connectivity index (χ2v) is 9.53. The van der Waals surface area contributed by atoms with E-state index in [0.29, 0.717) is 30.7 Å². The maximum atomic E-state index is 12.2. The van der Waals surface area contributed by atoms with Crippen LogP contribution in [0.5, 0.6) is 0 Å². The molecule has 3 N–H and O–H groups in total. The summed E-state index contributed by atoms with van der Waals surface area (Å²) in [5.74, 6) is 2.14. The molecular weight excluding hydrogens is 418 g/mol. The van der Waals surface area contributed by atoms with Crippen molar-refractivity contribution in [2.45, 2.75) is 38.6 Å². The van der Waals surface area contributed by atoms with Crippen LogP contribution in [0.2, 0.25) is 0 Å². The first-order valence-electron chi connectivity index (χ1n) is 10.3. The fourth-order valence-corrected chi connectivity index (χ4v) is 5.17. The molecule has 3 heterocycles. The molecule has 0 bridgehead atoms. The van der Waals surface area contributed by atoms with Crippen molar-refractivity contribution in [1.82, 2.24) is 15.3 Å². The van der Waals surface area contributed by atoms with E-state index in [0.717, 1.165) is 27.0 Å². The lowest BCUT2D eigenvalue weighted by Gasteiger charge is -2.27. The smallest absolute Gasteiger partial charge is 0.252 e. The number of anilines is 3. The third-order valence-electron chi connectivity index (χ3n) is 5.35. The molecule has 0 unspecified atom stereocenters. The molecule has 1 aliphatic carbocycles. The average molecular weight is 446 g/mol. The predicted molar refractivity (Wildman–Crippen MR) is 124 cm³/mol. The van der Waals surface area contributed by atoms with Crippen molar-refractivity contribution in [1.29, 1.82) is 0 Å². The molecule has 0 atom stereocenters. The number of fused-ring (bicyclic) bond motifs is 1. The third-order valence-corrected chi connectivity index (χ3v) is 7.10. The Kier molecular flexibility index (Phi) is 6.81. The fourth-order valence-electron chi connectivity index (χ4n) is 3.61. The molecule has 160 valence electrons. The number of hydrogen-bond acceptors (Lipinski definition) is 8. The van der Waals surface area contributed by atoms with E-state index in [9.17, 15) is 4.79 Å². The van der Waals surface area contributed by atoms with Gasteiger partial charge in [-0.2, -0.15) is 4.98 Å². The van der Waals surface area contributed by atoms with Gasteiger partial charge in [0.1, 0.15) is 5.82 Å². The zero-order chi connectivity index (χ0) is 20.9. The summed E-state index contributed by atoms with van der Waals surface area (Å²) in [7, 11) is 1.61. The van der Waals surface area contributed by atoms with E-state index in [1.165, 1.54) is 37.0 Å². The highest BCUT2D eigenvalue weighted by Crippen LogP contribution is 2.32. The number of aromatic nitrogens is 2. The van der Waals surface area contributed by atoms with Crippen LogP contribution in [0.3, 0.4) is 0 Å². The summed E-state index contributed by atoms with van der Waals surface area (Å²) in [5.41, 5.74) is 1.54. The van der Waals surface area contributed by atoms with Gasteiger partial charge in [-0.15, -0.1) is 22.7 Å². The van der Waals surface area contributed by atoms with E-state index in [4.69, 9.17) is 9.72 Å². The van der Waals surface area contributed by atoms with Crippen LogP contribution in [0.4, 0.5) is 16.8 Å². The number of nitrogens with one attached hydrogen (secondary N) is 3. The van der Waals surface area contributed by atoms with Gasteiger partial charge in [-0.25, -0.2) is 4.98 Å². The molecular formula is C21H27N5O2S2. The van der Waals surface area contributed by atoms with E-state index in [2.05, 4.69) is 27.9 Å². The number of amides is 1. The maximum Gasteiger partial charge on any atom is 0.252 e. The van der Waals surface area contributed by atoms with E-state index in [1.54, 1.807) is 18.4 Å². The number of rotatable bonds is 8. The Morgan fingerprint density at radius 2 is 2.07 bits per heavy atom. The normalized spacial score (nSPS) is 19.0. The van der Waals surface area contributed by atoms with Crippen LogP contribution in [-0.4, -0.2) is 42.2 Å². The number of carbonyl (C=O) groups is 1. The van der Waals surface area contributed by atoms with Crippen molar-refractivity contribution in [3.63, 3.8) is 0 Å². The summed E-state index contributed by atoms with van der Waals surface area (Å²) >= 11 is 3.12. The van der Waals surface area contributed by atoms with Gasteiger partial charge in [0.2, 0.25) is 5.95 Å². The van der Waals surface area contributed by atoms with Crippen LogP contribution in [0.25, 0.3) is 10.2 Å². The molecule has 0 saturated heterocycles. The molecule has 1 aliphatic rings. The summed E-state index contributed by atoms with van der Waals surface area (Å²) in [6.07, 6.45) is 4.86. The monoisotopic (exact) mass is 445 g/mol. The van der Waals surface area contributed by atoms with E-state index < -0.39 is 0 Å². The van der Waals surface area contributed by atoms with Crippen molar-refractivity contribution in [2.24, 2.45) is 5.92 Å². The number of nitrogens with zero attached hydrogens (tertiary/aromatic N) is 2. The van der Waals surface area contributed by atoms with Crippen LogP contribution in [-0.2, 0) is 4.74 Å². The van der Waals surface area contributed by atoms with Gasteiger partial charge in [-0.3, -0.25) is 4.79 Å². The van der Waals surface area contributed by atoms with E-state index in [-0.39, 0.29) is 5.91 Å². The van der Waals surface area contributed by atoms with Crippen molar-refractivity contribution in [3.05, 3.63) is 28.5 Å². The molecule has 9 heteroatoms. The molecule has 3 aromatic heterocycles. The second kappa shape index (κ2) is 9.72. The molecule has 3 aromatic rings. The summed E-state index contributed by atoms with van der Waals surface area (Å²) in [5, 5.41) is 14.5. The van der Waals surface area contributed by atoms with Gasteiger partial charge in [-0.05, 0) is 49.1 Å². The molecule has 0 aliphatic heterocycles. The van der Waals surface area contributed by atoms with Crippen LogP contribution in [0.1, 0.15) is 43.0 Å². The van der Waals surface area contributed by atoms with Crippen LogP contribution >= 0.6 is 22.7 Å². The topological polar surface area (TPSA) is 88.2 Å². The number of thiophene rings is 2. The molecule has 1 fully saturated rings. The number of hydrogen-bond donors (Lipinski definition) is 3. The van der Waals surface area contributed by atoms with Gasteiger partial charge < -0.3 is 20.7 Å². The number of carbonyl (C=O) groups excluding carboxylic acids is 1. The Labute approximate surface area is 184 Å². The highest BCUT2D eigenvalue weighted by Gasteiger charge is 2.20. The minimum Gasteiger partial charge on any atom is -0.383 e. The summed E-state index contributed by atoms with van der Waals surface area (Å²) in [6, 6.07) is 4.30. The van der Waals surface area contributed by atoms with Gasteiger partial charge in [0.25, 0.3) is 5.91 Å². The van der Waals surface area contributed by atoms with Crippen molar-refractivity contribution in [3.8, 4) is 0 Å². The van der Waals surface area contributed by atoms with Crippen molar-refractivity contribution >= 4 is 55.6 Å². The third kappa shape index (κ3) is 5.08. The zero-order valence-electron chi connectivity index (χ0n) is 17.2. The van der Waals surface area contributed by atoms with Crippen LogP contribution in [0, 0.1) is 5.92 Å². The number of ether oxygens (including phenoxy) is 1. The number of methoxy groups -OCH3 is 1. The fraction of sp³-hybridized carbons (Fsp3) is 0.476. The molecule has 0 radical (unpaired) electrons. The SMILES string of the molecule is COCCNC(=O)c1csc(Nc2nc(N[C@H]3CC[C@@H](C)CC3)c3sccc3n2)c1. The highest BCUT2D eigenvalue weighted by atomic mass is 32.1. The first kappa shape index (κ1) is 21.0. The first-order valence-corrected chi connectivity index (χ1v) is 12.0. The molecule has 0 aromatic carbocycles. The Balaban J connectivity index is 1.47. The highest BCUT2D eigenvalue weighted by molar-refractivity contribution is 7.17. The Bertz CT molecular complexity index is 994. The van der Waals surface area contributed by atoms with Gasteiger partial charge >= 0.3 is 0 Å². The van der Waals surface area contributed by atoms with E-state index >= 15 is 0 Å². The average Bonchev–Trinajstić information content (AvgIpc) is 3.39. The quantitative estimate of drug-likeness (QED) is 0.429.